The first-order valence-corrected chi connectivity index (χ1v) is 12.8. The van der Waals surface area contributed by atoms with Crippen LogP contribution in [-0.2, 0) is 16.0 Å². The fourth-order valence-electron chi connectivity index (χ4n) is 4.85. The molecule has 0 atom stereocenters. The molecule has 0 spiro atoms. The van der Waals surface area contributed by atoms with Crippen molar-refractivity contribution < 1.29 is 9.47 Å². The number of rotatable bonds is 12. The van der Waals surface area contributed by atoms with Gasteiger partial charge in [0.2, 0.25) is 5.82 Å². The summed E-state index contributed by atoms with van der Waals surface area (Å²) in [5, 5.41) is 14.6. The van der Waals surface area contributed by atoms with Crippen LogP contribution in [0.2, 0.25) is 0 Å². The van der Waals surface area contributed by atoms with E-state index in [0.29, 0.717) is 11.7 Å². The molecule has 0 fully saturated rings. The number of H-pyrrole nitrogens is 1. The second-order valence-corrected chi connectivity index (χ2v) is 9.65. The number of nitrogens with zero attached hydrogens (tertiary/aromatic N) is 5. The van der Waals surface area contributed by atoms with Gasteiger partial charge in [0.15, 0.2) is 6.29 Å². The molecule has 1 aromatic heterocycles. The van der Waals surface area contributed by atoms with E-state index in [1.165, 1.54) is 17.0 Å². The highest BCUT2D eigenvalue weighted by atomic mass is 16.7. The van der Waals surface area contributed by atoms with Gasteiger partial charge in [-0.25, -0.2) is 0 Å². The summed E-state index contributed by atoms with van der Waals surface area (Å²) in [5.41, 5.74) is 6.95. The van der Waals surface area contributed by atoms with Crippen molar-refractivity contribution in [2.45, 2.75) is 52.9 Å². The number of hydrogen-bond donors (Lipinski definition) is 1. The van der Waals surface area contributed by atoms with Gasteiger partial charge in [0.05, 0.1) is 12.4 Å². The van der Waals surface area contributed by atoms with Gasteiger partial charge in [0.1, 0.15) is 0 Å². The maximum absolute atomic E-state index is 5.74. The summed E-state index contributed by atoms with van der Waals surface area (Å²) >= 11 is 0. The molecule has 0 unspecified atom stereocenters. The number of tetrazole rings is 1. The number of methoxy groups -OCH3 is 2. The standard InChI is InChI=1S/C28H38N6O2/c1-6-17-33-19-34(25(16-11-20(2)3)26(33)28(35-4)36-5)18-21-12-14-22(15-13-21)23-9-7-8-10-24(23)27-29-31-32-30-27/h7-10,12-15,20,28H,6,11,16-19H2,1-5H3,(H,29,30,31,32). The minimum Gasteiger partial charge on any atom is -0.352 e. The van der Waals surface area contributed by atoms with Crippen molar-refractivity contribution in [3.63, 3.8) is 0 Å². The lowest BCUT2D eigenvalue weighted by Gasteiger charge is -2.26. The lowest BCUT2D eigenvalue weighted by molar-refractivity contribution is -0.0885. The van der Waals surface area contributed by atoms with Gasteiger partial charge in [-0.15, -0.1) is 10.2 Å². The molecule has 2 aromatic carbocycles. The minimum atomic E-state index is -0.354. The SMILES string of the molecule is CCCN1CN(Cc2ccc(-c3ccccc3-c3nn[nH]n3)cc2)C(CCC(C)C)=C1C(OC)OC. The van der Waals surface area contributed by atoms with Crippen LogP contribution in [0.1, 0.15) is 45.6 Å². The van der Waals surface area contributed by atoms with Crippen molar-refractivity contribution in [1.29, 1.82) is 0 Å². The molecule has 0 radical (unpaired) electrons. The highest BCUT2D eigenvalue weighted by Gasteiger charge is 2.33. The van der Waals surface area contributed by atoms with Crippen LogP contribution in [0.25, 0.3) is 22.5 Å². The Labute approximate surface area is 214 Å². The van der Waals surface area contributed by atoms with Crippen molar-refractivity contribution in [1.82, 2.24) is 30.4 Å². The second-order valence-electron chi connectivity index (χ2n) is 9.65. The van der Waals surface area contributed by atoms with Gasteiger partial charge in [0, 0.05) is 38.6 Å². The normalized spacial score (nSPS) is 14.1. The molecule has 0 saturated carbocycles. The summed E-state index contributed by atoms with van der Waals surface area (Å²) < 4.78 is 11.5. The van der Waals surface area contributed by atoms with Gasteiger partial charge >= 0.3 is 0 Å². The third kappa shape index (κ3) is 5.77. The number of allylic oxidation sites excluding steroid dienone is 1. The zero-order valence-electron chi connectivity index (χ0n) is 22.1. The molecule has 192 valence electrons. The minimum absolute atomic E-state index is 0.354. The van der Waals surface area contributed by atoms with E-state index in [2.05, 4.69) is 81.5 Å². The molecule has 2 heterocycles. The van der Waals surface area contributed by atoms with Crippen LogP contribution in [0.4, 0.5) is 0 Å². The molecule has 1 N–H and O–H groups in total. The monoisotopic (exact) mass is 490 g/mol. The van der Waals surface area contributed by atoms with Crippen LogP contribution in [0.5, 0.6) is 0 Å². The summed E-state index contributed by atoms with van der Waals surface area (Å²) in [4.78, 5) is 4.91. The van der Waals surface area contributed by atoms with Gasteiger partial charge < -0.3 is 19.3 Å². The van der Waals surface area contributed by atoms with Gasteiger partial charge in [-0.2, -0.15) is 5.21 Å². The summed E-state index contributed by atoms with van der Waals surface area (Å²) in [6, 6.07) is 16.9. The van der Waals surface area contributed by atoms with Crippen LogP contribution < -0.4 is 0 Å². The molecule has 3 aromatic rings. The van der Waals surface area contributed by atoms with Gasteiger partial charge in [-0.3, -0.25) is 0 Å². The van der Waals surface area contributed by atoms with Crippen molar-refractivity contribution in [3.8, 4) is 22.5 Å². The number of aromatic nitrogens is 4. The molecule has 0 saturated heterocycles. The Balaban J connectivity index is 1.60. The molecule has 8 heteroatoms. The average Bonchev–Trinajstić information content (AvgIpc) is 3.53. The van der Waals surface area contributed by atoms with E-state index in [-0.39, 0.29) is 6.29 Å². The number of benzene rings is 2. The van der Waals surface area contributed by atoms with E-state index >= 15 is 0 Å². The predicted octanol–water partition coefficient (Wildman–Crippen LogP) is 5.29. The predicted molar refractivity (Wildman–Crippen MR) is 141 cm³/mol. The van der Waals surface area contributed by atoms with Gasteiger partial charge in [-0.1, -0.05) is 69.3 Å². The molecular formula is C28H38N6O2. The molecule has 0 bridgehead atoms. The quantitative estimate of drug-likeness (QED) is 0.346. The molecule has 1 aliphatic rings. The summed E-state index contributed by atoms with van der Waals surface area (Å²) in [6.07, 6.45) is 2.85. The molecule has 8 nitrogen and oxygen atoms in total. The number of aromatic amines is 1. The summed E-state index contributed by atoms with van der Waals surface area (Å²) in [6.45, 7) is 9.43. The average molecular weight is 491 g/mol. The highest BCUT2D eigenvalue weighted by Crippen LogP contribution is 2.34. The molecule has 4 rings (SSSR count). The van der Waals surface area contributed by atoms with E-state index in [9.17, 15) is 0 Å². The number of hydrogen-bond acceptors (Lipinski definition) is 7. The maximum atomic E-state index is 5.74. The van der Waals surface area contributed by atoms with Crippen molar-refractivity contribution >= 4 is 0 Å². The third-order valence-corrected chi connectivity index (χ3v) is 6.61. The third-order valence-electron chi connectivity index (χ3n) is 6.61. The first kappa shape index (κ1) is 25.9. The molecular weight excluding hydrogens is 452 g/mol. The Morgan fingerprint density at radius 2 is 1.69 bits per heavy atom. The zero-order valence-corrected chi connectivity index (χ0v) is 22.1. The number of nitrogens with one attached hydrogen (secondary N) is 1. The van der Waals surface area contributed by atoms with Crippen molar-refractivity contribution in [3.05, 3.63) is 65.5 Å². The number of ether oxygens (including phenoxy) is 2. The van der Waals surface area contributed by atoms with Crippen LogP contribution in [0.15, 0.2) is 59.9 Å². The van der Waals surface area contributed by atoms with E-state index in [1.54, 1.807) is 14.2 Å². The summed E-state index contributed by atoms with van der Waals surface area (Å²) in [5.74, 6) is 1.23. The Bertz CT molecular complexity index is 1120. The van der Waals surface area contributed by atoms with E-state index in [4.69, 9.17) is 9.47 Å². The van der Waals surface area contributed by atoms with E-state index in [1.807, 2.05) is 18.2 Å². The topological polar surface area (TPSA) is 79.4 Å². The second kappa shape index (κ2) is 12.1. The van der Waals surface area contributed by atoms with E-state index in [0.717, 1.165) is 55.7 Å². The lowest BCUT2D eigenvalue weighted by Crippen LogP contribution is -2.32. The fourth-order valence-corrected chi connectivity index (χ4v) is 4.85. The smallest absolute Gasteiger partial charge is 0.205 e. The Morgan fingerprint density at radius 3 is 2.31 bits per heavy atom. The largest absolute Gasteiger partial charge is 0.352 e. The van der Waals surface area contributed by atoms with Gasteiger partial charge in [-0.05, 0) is 47.1 Å². The first-order chi connectivity index (χ1) is 17.5. The van der Waals surface area contributed by atoms with Crippen LogP contribution in [-0.4, -0.2) is 64.1 Å². The Hall–Kier alpha value is -3.23. The van der Waals surface area contributed by atoms with Crippen LogP contribution in [0, 0.1) is 5.92 Å². The summed E-state index contributed by atoms with van der Waals surface area (Å²) in [7, 11) is 3.44. The first-order valence-electron chi connectivity index (χ1n) is 12.8. The Kier molecular flexibility index (Phi) is 8.72. The highest BCUT2D eigenvalue weighted by molar-refractivity contribution is 5.80. The molecule has 0 aliphatic carbocycles. The molecule has 36 heavy (non-hydrogen) atoms. The lowest BCUT2D eigenvalue weighted by atomic mass is 9.98. The van der Waals surface area contributed by atoms with Crippen LogP contribution >= 0.6 is 0 Å². The zero-order chi connectivity index (χ0) is 25.5. The molecule has 0 amide bonds. The Morgan fingerprint density at radius 1 is 0.972 bits per heavy atom. The maximum Gasteiger partial charge on any atom is 0.205 e. The molecule has 1 aliphatic heterocycles. The van der Waals surface area contributed by atoms with Crippen molar-refractivity contribution in [2.24, 2.45) is 5.92 Å². The fraction of sp³-hybridized carbons (Fsp3) is 0.464. The van der Waals surface area contributed by atoms with E-state index < -0.39 is 0 Å². The van der Waals surface area contributed by atoms with Gasteiger partial charge in [0.25, 0.3) is 0 Å². The van der Waals surface area contributed by atoms with Crippen LogP contribution in [0.3, 0.4) is 0 Å². The van der Waals surface area contributed by atoms with Crippen molar-refractivity contribution in [2.75, 3.05) is 27.4 Å².